The molecule has 0 atom stereocenters. The Bertz CT molecular complexity index is 741. The van der Waals surface area contributed by atoms with Gasteiger partial charge in [-0.15, -0.1) is 0 Å². The number of para-hydroxylation sites is 1. The van der Waals surface area contributed by atoms with Crippen LogP contribution in [0.4, 0.5) is 0 Å². The predicted molar refractivity (Wildman–Crippen MR) is 91.5 cm³/mol. The SMILES string of the molecule is Clc1ccccc1COc1ccccc1CNCc1ccco1. The molecule has 2 aromatic carbocycles. The largest absolute Gasteiger partial charge is 0.489 e. The summed E-state index contributed by atoms with van der Waals surface area (Å²) in [7, 11) is 0. The fourth-order valence-electron chi connectivity index (χ4n) is 2.30. The minimum atomic E-state index is 0.453. The molecule has 0 aliphatic heterocycles. The van der Waals surface area contributed by atoms with Crippen LogP contribution < -0.4 is 10.1 Å². The molecule has 0 aliphatic carbocycles. The second-order valence-corrected chi connectivity index (χ2v) is 5.58. The maximum absolute atomic E-state index is 6.17. The zero-order valence-corrected chi connectivity index (χ0v) is 13.4. The molecule has 0 unspecified atom stereocenters. The Morgan fingerprint density at radius 1 is 0.870 bits per heavy atom. The summed E-state index contributed by atoms with van der Waals surface area (Å²) in [6.07, 6.45) is 1.68. The highest BCUT2D eigenvalue weighted by Crippen LogP contribution is 2.22. The summed E-state index contributed by atoms with van der Waals surface area (Å²) in [5, 5.41) is 4.08. The first-order valence-corrected chi connectivity index (χ1v) is 7.88. The minimum Gasteiger partial charge on any atom is -0.489 e. The summed E-state index contributed by atoms with van der Waals surface area (Å²) in [5.74, 6) is 1.78. The van der Waals surface area contributed by atoms with Gasteiger partial charge in [-0.3, -0.25) is 0 Å². The van der Waals surface area contributed by atoms with Gasteiger partial charge >= 0.3 is 0 Å². The Morgan fingerprint density at radius 3 is 2.43 bits per heavy atom. The van der Waals surface area contributed by atoms with Gasteiger partial charge in [0, 0.05) is 22.7 Å². The maximum atomic E-state index is 6.17. The van der Waals surface area contributed by atoms with Crippen LogP contribution in [0.15, 0.2) is 71.3 Å². The van der Waals surface area contributed by atoms with Gasteiger partial charge in [0.15, 0.2) is 0 Å². The second-order valence-electron chi connectivity index (χ2n) is 5.17. The summed E-state index contributed by atoms with van der Waals surface area (Å²) in [6.45, 7) is 1.85. The van der Waals surface area contributed by atoms with Gasteiger partial charge in [-0.1, -0.05) is 48.0 Å². The van der Waals surface area contributed by atoms with Crippen molar-refractivity contribution >= 4 is 11.6 Å². The van der Waals surface area contributed by atoms with Crippen molar-refractivity contribution in [2.75, 3.05) is 0 Å². The van der Waals surface area contributed by atoms with Crippen molar-refractivity contribution in [2.24, 2.45) is 0 Å². The molecule has 0 amide bonds. The Kier molecular flexibility index (Phi) is 5.35. The highest BCUT2D eigenvalue weighted by atomic mass is 35.5. The molecule has 4 heteroatoms. The highest BCUT2D eigenvalue weighted by Gasteiger charge is 2.05. The van der Waals surface area contributed by atoms with Crippen molar-refractivity contribution in [1.82, 2.24) is 5.32 Å². The number of benzene rings is 2. The molecule has 0 saturated carbocycles. The number of nitrogens with one attached hydrogen (secondary N) is 1. The van der Waals surface area contributed by atoms with E-state index in [9.17, 15) is 0 Å². The summed E-state index contributed by atoms with van der Waals surface area (Å²) in [4.78, 5) is 0. The van der Waals surface area contributed by atoms with E-state index in [0.717, 1.165) is 27.7 Å². The number of rotatable bonds is 7. The first kappa shape index (κ1) is 15.7. The highest BCUT2D eigenvalue weighted by molar-refractivity contribution is 6.31. The van der Waals surface area contributed by atoms with Crippen LogP contribution in [0, 0.1) is 0 Å². The van der Waals surface area contributed by atoms with Gasteiger partial charge in [0.2, 0.25) is 0 Å². The Morgan fingerprint density at radius 2 is 1.65 bits per heavy atom. The predicted octanol–water partition coefficient (Wildman–Crippen LogP) is 4.80. The van der Waals surface area contributed by atoms with E-state index in [-0.39, 0.29) is 0 Å². The molecule has 118 valence electrons. The van der Waals surface area contributed by atoms with Crippen LogP contribution in [0.5, 0.6) is 5.75 Å². The summed E-state index contributed by atoms with van der Waals surface area (Å²) in [5.41, 5.74) is 2.08. The average Bonchev–Trinajstić information content (AvgIpc) is 3.09. The lowest BCUT2D eigenvalue weighted by Crippen LogP contribution is -2.13. The van der Waals surface area contributed by atoms with E-state index in [1.54, 1.807) is 6.26 Å². The quantitative estimate of drug-likeness (QED) is 0.676. The van der Waals surface area contributed by atoms with Crippen LogP contribution >= 0.6 is 11.6 Å². The van der Waals surface area contributed by atoms with Crippen molar-refractivity contribution in [1.29, 1.82) is 0 Å². The number of furan rings is 1. The molecule has 0 fully saturated rings. The number of ether oxygens (including phenoxy) is 1. The third kappa shape index (κ3) is 4.38. The smallest absolute Gasteiger partial charge is 0.124 e. The molecular weight excluding hydrogens is 310 g/mol. The molecule has 3 aromatic rings. The van der Waals surface area contributed by atoms with E-state index in [1.807, 2.05) is 54.6 Å². The Hall–Kier alpha value is -2.23. The van der Waals surface area contributed by atoms with Gasteiger partial charge in [-0.2, -0.15) is 0 Å². The molecule has 1 aromatic heterocycles. The van der Waals surface area contributed by atoms with Crippen molar-refractivity contribution in [3.05, 3.63) is 88.8 Å². The molecule has 0 saturated heterocycles. The molecule has 1 heterocycles. The van der Waals surface area contributed by atoms with E-state index < -0.39 is 0 Å². The molecular formula is C19H18ClNO2. The van der Waals surface area contributed by atoms with E-state index in [0.29, 0.717) is 19.7 Å². The van der Waals surface area contributed by atoms with E-state index in [1.165, 1.54) is 0 Å². The molecule has 1 N–H and O–H groups in total. The Balaban J connectivity index is 1.60. The molecule has 0 radical (unpaired) electrons. The standard InChI is InChI=1S/C19H18ClNO2/c20-18-9-3-1-7-16(18)14-23-19-10-4-2-6-15(19)12-21-13-17-8-5-11-22-17/h1-11,21H,12-14H2. The van der Waals surface area contributed by atoms with Crippen LogP contribution in [0.2, 0.25) is 5.02 Å². The Labute approximate surface area is 140 Å². The van der Waals surface area contributed by atoms with Crippen molar-refractivity contribution in [3.63, 3.8) is 0 Å². The normalized spacial score (nSPS) is 10.7. The molecule has 0 bridgehead atoms. The van der Waals surface area contributed by atoms with Gasteiger partial charge in [-0.25, -0.2) is 0 Å². The summed E-state index contributed by atoms with van der Waals surface area (Å²) >= 11 is 6.17. The summed E-state index contributed by atoms with van der Waals surface area (Å²) < 4.78 is 11.3. The van der Waals surface area contributed by atoms with E-state index in [2.05, 4.69) is 11.4 Å². The zero-order valence-electron chi connectivity index (χ0n) is 12.7. The van der Waals surface area contributed by atoms with Crippen LogP contribution in [-0.4, -0.2) is 0 Å². The first-order valence-electron chi connectivity index (χ1n) is 7.50. The van der Waals surface area contributed by atoms with Crippen molar-refractivity contribution in [3.8, 4) is 5.75 Å². The summed E-state index contributed by atoms with van der Waals surface area (Å²) in [6, 6.07) is 19.6. The topological polar surface area (TPSA) is 34.4 Å². The van der Waals surface area contributed by atoms with Gasteiger partial charge in [-0.05, 0) is 24.3 Å². The van der Waals surface area contributed by atoms with Gasteiger partial charge in [0.25, 0.3) is 0 Å². The third-order valence-corrected chi connectivity index (χ3v) is 3.88. The molecule has 0 spiro atoms. The van der Waals surface area contributed by atoms with Gasteiger partial charge in [0.05, 0.1) is 12.8 Å². The van der Waals surface area contributed by atoms with E-state index >= 15 is 0 Å². The van der Waals surface area contributed by atoms with Crippen LogP contribution in [0.1, 0.15) is 16.9 Å². The number of halogens is 1. The fraction of sp³-hybridized carbons (Fsp3) is 0.158. The van der Waals surface area contributed by atoms with Crippen LogP contribution in [-0.2, 0) is 19.7 Å². The monoisotopic (exact) mass is 327 g/mol. The number of hydrogen-bond donors (Lipinski definition) is 1. The lowest BCUT2D eigenvalue weighted by molar-refractivity contribution is 0.302. The van der Waals surface area contributed by atoms with Crippen LogP contribution in [0.25, 0.3) is 0 Å². The van der Waals surface area contributed by atoms with Crippen molar-refractivity contribution < 1.29 is 9.15 Å². The molecule has 3 rings (SSSR count). The van der Waals surface area contributed by atoms with E-state index in [4.69, 9.17) is 20.8 Å². The average molecular weight is 328 g/mol. The lowest BCUT2D eigenvalue weighted by atomic mass is 10.2. The third-order valence-electron chi connectivity index (χ3n) is 3.51. The molecule has 0 aliphatic rings. The van der Waals surface area contributed by atoms with Gasteiger partial charge in [0.1, 0.15) is 18.1 Å². The van der Waals surface area contributed by atoms with Gasteiger partial charge < -0.3 is 14.5 Å². The molecule has 23 heavy (non-hydrogen) atoms. The second kappa shape index (κ2) is 7.86. The van der Waals surface area contributed by atoms with Crippen LogP contribution in [0.3, 0.4) is 0 Å². The molecule has 3 nitrogen and oxygen atoms in total. The minimum absolute atomic E-state index is 0.453. The number of hydrogen-bond acceptors (Lipinski definition) is 3. The van der Waals surface area contributed by atoms with Crippen molar-refractivity contribution in [2.45, 2.75) is 19.7 Å². The fourth-order valence-corrected chi connectivity index (χ4v) is 2.49. The first-order chi connectivity index (χ1) is 11.3. The zero-order chi connectivity index (χ0) is 15.9. The maximum Gasteiger partial charge on any atom is 0.124 e. The lowest BCUT2D eigenvalue weighted by Gasteiger charge is -2.12.